The van der Waals surface area contributed by atoms with Crippen molar-refractivity contribution in [2.75, 3.05) is 5.75 Å². The largest absolute Gasteiger partial charge is 0.508 e. The molecular formula is C17H25N3O5S. The predicted molar refractivity (Wildman–Crippen MR) is 100.0 cm³/mol. The predicted octanol–water partition coefficient (Wildman–Crippen LogP) is -0.0980. The molecule has 9 heteroatoms. The van der Waals surface area contributed by atoms with Crippen molar-refractivity contribution in [3.8, 4) is 5.75 Å². The summed E-state index contributed by atoms with van der Waals surface area (Å²) in [6.07, 6.45) is 0.229. The number of rotatable bonds is 9. The van der Waals surface area contributed by atoms with E-state index in [0.717, 1.165) is 5.56 Å². The second kappa shape index (κ2) is 10.0. The smallest absolute Gasteiger partial charge is 0.327 e. The van der Waals surface area contributed by atoms with Gasteiger partial charge in [0.15, 0.2) is 0 Å². The highest BCUT2D eigenvalue weighted by atomic mass is 32.1. The molecule has 2 amide bonds. The topological polar surface area (TPSA) is 142 Å². The van der Waals surface area contributed by atoms with Gasteiger partial charge in [0, 0.05) is 5.75 Å². The molecule has 0 saturated heterocycles. The summed E-state index contributed by atoms with van der Waals surface area (Å²) in [6.45, 7) is 3.46. The quantitative estimate of drug-likeness (QED) is 0.329. The van der Waals surface area contributed by atoms with Crippen LogP contribution >= 0.6 is 12.6 Å². The van der Waals surface area contributed by atoms with Crippen LogP contribution in [0.5, 0.6) is 5.75 Å². The summed E-state index contributed by atoms with van der Waals surface area (Å²) in [4.78, 5) is 35.7. The molecule has 0 radical (unpaired) electrons. The average Bonchev–Trinajstić information content (AvgIpc) is 2.58. The number of aromatic hydroxyl groups is 1. The maximum Gasteiger partial charge on any atom is 0.327 e. The van der Waals surface area contributed by atoms with Gasteiger partial charge in [0.25, 0.3) is 0 Å². The number of amides is 2. The fraction of sp³-hybridized carbons (Fsp3) is 0.471. The molecule has 6 N–H and O–H groups in total. The van der Waals surface area contributed by atoms with Gasteiger partial charge < -0.3 is 26.6 Å². The molecular weight excluding hydrogens is 358 g/mol. The molecule has 0 unspecified atom stereocenters. The van der Waals surface area contributed by atoms with Crippen molar-refractivity contribution in [2.24, 2.45) is 11.7 Å². The third-order valence-corrected chi connectivity index (χ3v) is 4.14. The van der Waals surface area contributed by atoms with E-state index in [1.807, 2.05) is 0 Å². The highest BCUT2D eigenvalue weighted by molar-refractivity contribution is 7.80. The van der Waals surface area contributed by atoms with Crippen molar-refractivity contribution in [3.05, 3.63) is 29.8 Å². The highest BCUT2D eigenvalue weighted by Crippen LogP contribution is 2.11. The van der Waals surface area contributed by atoms with E-state index in [1.165, 1.54) is 12.1 Å². The Morgan fingerprint density at radius 2 is 1.69 bits per heavy atom. The van der Waals surface area contributed by atoms with E-state index in [2.05, 4.69) is 23.3 Å². The number of phenolic OH excluding ortho intramolecular Hbond substituents is 1. The Kier molecular flexibility index (Phi) is 8.40. The number of carboxylic acids is 1. The van der Waals surface area contributed by atoms with Gasteiger partial charge in [0.05, 0.1) is 6.04 Å². The first kappa shape index (κ1) is 21.8. The molecule has 0 spiro atoms. The van der Waals surface area contributed by atoms with Gasteiger partial charge >= 0.3 is 5.97 Å². The van der Waals surface area contributed by atoms with Gasteiger partial charge in [-0.25, -0.2) is 4.79 Å². The standard InChI is InChI=1S/C17H25N3O5S/c1-9(2)14(16(23)19-13(8-26)17(24)25)20-15(22)12(18)7-10-3-5-11(21)6-4-10/h3-6,9,12-14,21,26H,7-8,18H2,1-2H3,(H,19,23)(H,20,22)(H,24,25)/t12-,13-,14-/m0/s1. The zero-order valence-electron chi connectivity index (χ0n) is 14.7. The lowest BCUT2D eigenvalue weighted by molar-refractivity contribution is -0.141. The number of benzene rings is 1. The molecule has 0 fully saturated rings. The van der Waals surface area contributed by atoms with Crippen LogP contribution in [0.4, 0.5) is 0 Å². The van der Waals surface area contributed by atoms with Crippen molar-refractivity contribution in [1.29, 1.82) is 0 Å². The lowest BCUT2D eigenvalue weighted by Gasteiger charge is -2.25. The summed E-state index contributed by atoms with van der Waals surface area (Å²) in [7, 11) is 0. The molecule has 0 aliphatic carbocycles. The Labute approximate surface area is 157 Å². The first-order chi connectivity index (χ1) is 12.1. The van der Waals surface area contributed by atoms with Crippen molar-refractivity contribution >= 4 is 30.4 Å². The molecule has 0 saturated carbocycles. The zero-order chi connectivity index (χ0) is 19.9. The number of nitrogens with one attached hydrogen (secondary N) is 2. The molecule has 0 aliphatic heterocycles. The number of carbonyl (C=O) groups excluding carboxylic acids is 2. The van der Waals surface area contributed by atoms with Gasteiger partial charge in [0.2, 0.25) is 11.8 Å². The van der Waals surface area contributed by atoms with E-state index in [4.69, 9.17) is 10.8 Å². The SMILES string of the molecule is CC(C)[C@H](NC(=O)[C@@H](N)Cc1ccc(O)cc1)C(=O)N[C@@H](CS)C(=O)O. The lowest BCUT2D eigenvalue weighted by atomic mass is 10.0. The van der Waals surface area contributed by atoms with Gasteiger partial charge in [0.1, 0.15) is 17.8 Å². The molecule has 26 heavy (non-hydrogen) atoms. The molecule has 0 bridgehead atoms. The monoisotopic (exact) mass is 383 g/mol. The van der Waals surface area contributed by atoms with Gasteiger partial charge in [-0.05, 0) is 30.0 Å². The van der Waals surface area contributed by atoms with Crippen LogP contribution in [0.1, 0.15) is 19.4 Å². The molecule has 1 aromatic rings. The maximum absolute atomic E-state index is 12.3. The van der Waals surface area contributed by atoms with Crippen molar-refractivity contribution in [3.63, 3.8) is 0 Å². The summed E-state index contributed by atoms with van der Waals surface area (Å²) in [5, 5.41) is 23.2. The third kappa shape index (κ3) is 6.57. The molecule has 144 valence electrons. The normalized spacial score (nSPS) is 14.3. The number of hydrogen-bond donors (Lipinski definition) is 6. The Morgan fingerprint density at radius 3 is 2.15 bits per heavy atom. The summed E-state index contributed by atoms with van der Waals surface area (Å²) in [5.74, 6) is -2.56. The van der Waals surface area contributed by atoms with Gasteiger partial charge in [-0.15, -0.1) is 0 Å². The molecule has 3 atom stereocenters. The second-order valence-electron chi connectivity index (χ2n) is 6.29. The first-order valence-corrected chi connectivity index (χ1v) is 8.76. The van der Waals surface area contributed by atoms with Crippen molar-refractivity contribution in [1.82, 2.24) is 10.6 Å². The number of hydrogen-bond acceptors (Lipinski definition) is 6. The number of aliphatic carboxylic acids is 1. The number of carboxylic acid groups (broad SMARTS) is 1. The van der Waals surface area contributed by atoms with Crippen LogP contribution < -0.4 is 16.4 Å². The zero-order valence-corrected chi connectivity index (χ0v) is 15.6. The van der Waals surface area contributed by atoms with Gasteiger partial charge in [-0.1, -0.05) is 26.0 Å². The summed E-state index contributed by atoms with van der Waals surface area (Å²) >= 11 is 3.89. The van der Waals surface area contributed by atoms with Crippen LogP contribution in [0.15, 0.2) is 24.3 Å². The minimum atomic E-state index is -1.20. The highest BCUT2D eigenvalue weighted by Gasteiger charge is 2.29. The van der Waals surface area contributed by atoms with E-state index in [0.29, 0.717) is 0 Å². The Hall–Kier alpha value is -2.26. The van der Waals surface area contributed by atoms with E-state index < -0.39 is 35.9 Å². The summed E-state index contributed by atoms with van der Waals surface area (Å²) in [5.41, 5.74) is 6.66. The van der Waals surface area contributed by atoms with E-state index in [1.54, 1.807) is 26.0 Å². The molecule has 0 aliphatic rings. The Morgan fingerprint density at radius 1 is 1.12 bits per heavy atom. The molecule has 1 rings (SSSR count). The van der Waals surface area contributed by atoms with Crippen LogP contribution in [0.25, 0.3) is 0 Å². The van der Waals surface area contributed by atoms with Gasteiger partial charge in [-0.3, -0.25) is 9.59 Å². The molecule has 1 aromatic carbocycles. The van der Waals surface area contributed by atoms with Crippen molar-refractivity contribution in [2.45, 2.75) is 38.4 Å². The van der Waals surface area contributed by atoms with Crippen LogP contribution in [-0.4, -0.2) is 51.9 Å². The van der Waals surface area contributed by atoms with Crippen LogP contribution in [-0.2, 0) is 20.8 Å². The number of phenols is 1. The average molecular weight is 383 g/mol. The fourth-order valence-corrected chi connectivity index (χ4v) is 2.47. The fourth-order valence-electron chi connectivity index (χ4n) is 2.22. The molecule has 8 nitrogen and oxygen atoms in total. The van der Waals surface area contributed by atoms with E-state index >= 15 is 0 Å². The second-order valence-corrected chi connectivity index (χ2v) is 6.65. The van der Waals surface area contributed by atoms with Crippen molar-refractivity contribution < 1.29 is 24.6 Å². The summed E-state index contributed by atoms with van der Waals surface area (Å²) < 4.78 is 0. The lowest BCUT2D eigenvalue weighted by Crippen LogP contribution is -2.56. The summed E-state index contributed by atoms with van der Waals surface area (Å²) in [6, 6.07) is 3.33. The number of nitrogens with two attached hydrogens (primary N) is 1. The van der Waals surface area contributed by atoms with Crippen LogP contribution in [0.3, 0.4) is 0 Å². The van der Waals surface area contributed by atoms with Crippen LogP contribution in [0, 0.1) is 5.92 Å². The minimum Gasteiger partial charge on any atom is -0.508 e. The van der Waals surface area contributed by atoms with Gasteiger partial charge in [-0.2, -0.15) is 12.6 Å². The van der Waals surface area contributed by atoms with E-state index in [9.17, 15) is 19.5 Å². The van der Waals surface area contributed by atoms with E-state index in [-0.39, 0.29) is 23.8 Å². The van der Waals surface area contributed by atoms with Crippen LogP contribution in [0.2, 0.25) is 0 Å². The third-order valence-electron chi connectivity index (χ3n) is 3.77. The first-order valence-electron chi connectivity index (χ1n) is 8.13. The minimum absolute atomic E-state index is 0.0692. The molecule has 0 aromatic heterocycles. The Bertz CT molecular complexity index is 636. The Balaban J connectivity index is 2.72. The molecule has 0 heterocycles. The number of carbonyl (C=O) groups is 3. The maximum atomic E-state index is 12.3. The number of thiol groups is 1.